The standard InChI is InChI=1S/C15H21N5S/c1-11(2)8-20-14(17-10-18-20)9-19(3)13-6-4-12(5-7-13)15(16)21/h4-7,10-11H,8-9H2,1-3H3,(H2,16,21). The van der Waals surface area contributed by atoms with E-state index >= 15 is 0 Å². The Kier molecular flexibility index (Phi) is 4.90. The molecular formula is C15H21N5S. The van der Waals surface area contributed by atoms with Crippen molar-refractivity contribution in [3.8, 4) is 0 Å². The van der Waals surface area contributed by atoms with Crippen molar-refractivity contribution in [3.63, 3.8) is 0 Å². The van der Waals surface area contributed by atoms with E-state index in [1.807, 2.05) is 36.0 Å². The summed E-state index contributed by atoms with van der Waals surface area (Å²) >= 11 is 4.96. The molecule has 2 N–H and O–H groups in total. The van der Waals surface area contributed by atoms with Gasteiger partial charge in [-0.15, -0.1) is 0 Å². The lowest BCUT2D eigenvalue weighted by Gasteiger charge is -2.19. The Labute approximate surface area is 130 Å². The van der Waals surface area contributed by atoms with Gasteiger partial charge in [0.25, 0.3) is 0 Å². The van der Waals surface area contributed by atoms with E-state index in [9.17, 15) is 0 Å². The summed E-state index contributed by atoms with van der Waals surface area (Å²) in [5, 5.41) is 4.29. The van der Waals surface area contributed by atoms with Gasteiger partial charge in [-0.2, -0.15) is 5.10 Å². The lowest BCUT2D eigenvalue weighted by atomic mass is 10.2. The van der Waals surface area contributed by atoms with Crippen LogP contribution in [0, 0.1) is 5.92 Å². The Morgan fingerprint density at radius 1 is 1.33 bits per heavy atom. The van der Waals surface area contributed by atoms with Crippen LogP contribution in [0.4, 0.5) is 5.69 Å². The predicted octanol–water partition coefficient (Wildman–Crippen LogP) is 2.20. The topological polar surface area (TPSA) is 60.0 Å². The number of thiocarbonyl (C=S) groups is 1. The molecule has 5 nitrogen and oxygen atoms in total. The number of nitrogens with two attached hydrogens (primary N) is 1. The molecule has 6 heteroatoms. The van der Waals surface area contributed by atoms with E-state index in [4.69, 9.17) is 18.0 Å². The largest absolute Gasteiger partial charge is 0.389 e. The molecular weight excluding hydrogens is 282 g/mol. The molecule has 0 saturated heterocycles. The lowest BCUT2D eigenvalue weighted by Crippen LogP contribution is -2.21. The van der Waals surface area contributed by atoms with Gasteiger partial charge in [0, 0.05) is 24.8 Å². The minimum absolute atomic E-state index is 0.417. The van der Waals surface area contributed by atoms with Crippen molar-refractivity contribution in [2.75, 3.05) is 11.9 Å². The minimum atomic E-state index is 0.417. The molecule has 2 rings (SSSR count). The molecule has 0 saturated carbocycles. The summed E-state index contributed by atoms with van der Waals surface area (Å²) in [6, 6.07) is 7.90. The zero-order valence-electron chi connectivity index (χ0n) is 12.7. The molecule has 0 spiro atoms. The van der Waals surface area contributed by atoms with Gasteiger partial charge in [0.15, 0.2) is 0 Å². The van der Waals surface area contributed by atoms with Gasteiger partial charge in [0.05, 0.1) is 6.54 Å². The molecule has 21 heavy (non-hydrogen) atoms. The zero-order chi connectivity index (χ0) is 15.4. The van der Waals surface area contributed by atoms with Crippen molar-refractivity contribution in [2.45, 2.75) is 26.9 Å². The van der Waals surface area contributed by atoms with Crippen molar-refractivity contribution < 1.29 is 0 Å². The molecule has 0 bridgehead atoms. The molecule has 112 valence electrons. The van der Waals surface area contributed by atoms with Crippen molar-refractivity contribution in [1.29, 1.82) is 0 Å². The smallest absolute Gasteiger partial charge is 0.146 e. The van der Waals surface area contributed by atoms with Gasteiger partial charge in [-0.05, 0) is 30.2 Å². The monoisotopic (exact) mass is 303 g/mol. The van der Waals surface area contributed by atoms with E-state index in [0.29, 0.717) is 17.5 Å². The van der Waals surface area contributed by atoms with Crippen LogP contribution in [0.3, 0.4) is 0 Å². The lowest BCUT2D eigenvalue weighted by molar-refractivity contribution is 0.465. The second-order valence-electron chi connectivity index (χ2n) is 5.52. The van der Waals surface area contributed by atoms with E-state index in [0.717, 1.165) is 23.6 Å². The van der Waals surface area contributed by atoms with Crippen LogP contribution in [0.5, 0.6) is 0 Å². The van der Waals surface area contributed by atoms with Gasteiger partial charge in [-0.1, -0.05) is 26.1 Å². The molecule has 1 aromatic carbocycles. The predicted molar refractivity (Wildman–Crippen MR) is 89.3 cm³/mol. The van der Waals surface area contributed by atoms with Crippen LogP contribution in [-0.2, 0) is 13.1 Å². The maximum absolute atomic E-state index is 5.61. The summed E-state index contributed by atoms with van der Waals surface area (Å²) in [5.41, 5.74) is 7.58. The van der Waals surface area contributed by atoms with E-state index in [1.165, 1.54) is 0 Å². The summed E-state index contributed by atoms with van der Waals surface area (Å²) in [4.78, 5) is 6.90. The Morgan fingerprint density at radius 3 is 2.57 bits per heavy atom. The molecule has 0 unspecified atom stereocenters. The zero-order valence-corrected chi connectivity index (χ0v) is 13.5. The van der Waals surface area contributed by atoms with Crippen LogP contribution in [0.25, 0.3) is 0 Å². The number of benzene rings is 1. The summed E-state index contributed by atoms with van der Waals surface area (Å²) in [6.07, 6.45) is 1.61. The maximum atomic E-state index is 5.61. The maximum Gasteiger partial charge on any atom is 0.146 e. The highest BCUT2D eigenvalue weighted by Gasteiger charge is 2.10. The Bertz CT molecular complexity index is 603. The summed E-state index contributed by atoms with van der Waals surface area (Å²) < 4.78 is 1.96. The number of hydrogen-bond donors (Lipinski definition) is 1. The highest BCUT2D eigenvalue weighted by molar-refractivity contribution is 7.80. The number of anilines is 1. The first-order valence-corrected chi connectivity index (χ1v) is 7.36. The van der Waals surface area contributed by atoms with Crippen LogP contribution in [0.15, 0.2) is 30.6 Å². The van der Waals surface area contributed by atoms with E-state index in [-0.39, 0.29) is 0 Å². The molecule has 0 aliphatic heterocycles. The first-order valence-electron chi connectivity index (χ1n) is 6.95. The molecule has 2 aromatic rings. The second-order valence-corrected chi connectivity index (χ2v) is 5.96. The fourth-order valence-corrected chi connectivity index (χ4v) is 2.23. The number of aromatic nitrogens is 3. The Morgan fingerprint density at radius 2 is 2.00 bits per heavy atom. The van der Waals surface area contributed by atoms with Gasteiger partial charge < -0.3 is 10.6 Å². The van der Waals surface area contributed by atoms with Gasteiger partial charge in [0.2, 0.25) is 0 Å². The SMILES string of the molecule is CC(C)Cn1ncnc1CN(C)c1ccc(C(N)=S)cc1. The molecule has 0 fully saturated rings. The number of hydrogen-bond acceptors (Lipinski definition) is 4. The van der Waals surface area contributed by atoms with Crippen LogP contribution in [0.1, 0.15) is 25.2 Å². The fourth-order valence-electron chi connectivity index (χ4n) is 2.09. The van der Waals surface area contributed by atoms with Crippen LogP contribution >= 0.6 is 12.2 Å². The van der Waals surface area contributed by atoms with E-state index < -0.39 is 0 Å². The third-order valence-electron chi connectivity index (χ3n) is 3.21. The van der Waals surface area contributed by atoms with Crippen molar-refractivity contribution in [1.82, 2.24) is 14.8 Å². The van der Waals surface area contributed by atoms with Crippen LogP contribution in [-0.4, -0.2) is 26.8 Å². The van der Waals surface area contributed by atoms with Crippen LogP contribution in [0.2, 0.25) is 0 Å². The van der Waals surface area contributed by atoms with Gasteiger partial charge in [0.1, 0.15) is 17.1 Å². The van der Waals surface area contributed by atoms with Crippen molar-refractivity contribution in [3.05, 3.63) is 42.0 Å². The molecule has 1 heterocycles. The first kappa shape index (κ1) is 15.4. The normalized spacial score (nSPS) is 10.9. The molecule has 0 amide bonds. The third-order valence-corrected chi connectivity index (χ3v) is 3.44. The fraction of sp³-hybridized carbons (Fsp3) is 0.400. The van der Waals surface area contributed by atoms with Gasteiger partial charge in [-0.25, -0.2) is 9.67 Å². The number of nitrogens with zero attached hydrogens (tertiary/aromatic N) is 4. The molecule has 0 radical (unpaired) electrons. The van der Waals surface area contributed by atoms with Crippen molar-refractivity contribution >= 4 is 22.9 Å². The van der Waals surface area contributed by atoms with Crippen molar-refractivity contribution in [2.24, 2.45) is 11.7 Å². The summed E-state index contributed by atoms with van der Waals surface area (Å²) in [6.45, 7) is 5.93. The molecule has 0 aliphatic rings. The van der Waals surface area contributed by atoms with Crippen LogP contribution < -0.4 is 10.6 Å². The minimum Gasteiger partial charge on any atom is -0.389 e. The Hall–Kier alpha value is -1.95. The van der Waals surface area contributed by atoms with Gasteiger partial charge in [-0.3, -0.25) is 0 Å². The summed E-state index contributed by atoms with van der Waals surface area (Å²) in [7, 11) is 2.03. The third kappa shape index (κ3) is 4.01. The highest BCUT2D eigenvalue weighted by atomic mass is 32.1. The Balaban J connectivity index is 2.09. The highest BCUT2D eigenvalue weighted by Crippen LogP contribution is 2.16. The number of rotatable bonds is 6. The quantitative estimate of drug-likeness (QED) is 0.829. The second kappa shape index (κ2) is 6.67. The molecule has 1 aromatic heterocycles. The molecule has 0 aliphatic carbocycles. The first-order chi connectivity index (χ1) is 9.97. The summed E-state index contributed by atoms with van der Waals surface area (Å²) in [5.74, 6) is 1.50. The average molecular weight is 303 g/mol. The van der Waals surface area contributed by atoms with E-state index in [2.05, 4.69) is 28.8 Å². The average Bonchev–Trinajstić information content (AvgIpc) is 2.85. The van der Waals surface area contributed by atoms with Gasteiger partial charge >= 0.3 is 0 Å². The molecule has 0 atom stereocenters. The van der Waals surface area contributed by atoms with E-state index in [1.54, 1.807) is 6.33 Å².